The van der Waals surface area contributed by atoms with Crippen LogP contribution in [0.2, 0.25) is 0 Å². The minimum Gasteiger partial charge on any atom is -0.442 e. The van der Waals surface area contributed by atoms with Crippen LogP contribution >= 0.6 is 0 Å². The van der Waals surface area contributed by atoms with Gasteiger partial charge in [-0.05, 0) is 19.8 Å². The van der Waals surface area contributed by atoms with Gasteiger partial charge in [0.1, 0.15) is 0 Å². The molecular formula is C17H16F17NO4S. The van der Waals surface area contributed by atoms with Crippen LogP contribution in [0, 0.1) is 0 Å². The summed E-state index contributed by atoms with van der Waals surface area (Å²) in [7, 11) is -7.61. The Morgan fingerprint density at radius 1 is 0.725 bits per heavy atom. The van der Waals surface area contributed by atoms with Gasteiger partial charge in [0, 0.05) is 5.57 Å². The first-order chi connectivity index (χ1) is 17.3. The minimum atomic E-state index is -8.94. The number of nitrogens with one attached hydrogen (secondary N) is 1. The zero-order valence-corrected chi connectivity index (χ0v) is 20.2. The lowest BCUT2D eigenvalue weighted by Crippen LogP contribution is -2.75. The summed E-state index contributed by atoms with van der Waals surface area (Å²) >= 11 is 0. The van der Waals surface area contributed by atoms with E-state index in [1.807, 2.05) is 0 Å². The molecule has 238 valence electrons. The van der Waals surface area contributed by atoms with E-state index in [1.54, 1.807) is 0 Å². The van der Waals surface area contributed by atoms with Crippen LogP contribution in [0.3, 0.4) is 0 Å². The summed E-state index contributed by atoms with van der Waals surface area (Å²) in [5.74, 6) is -53.8. The molecule has 1 atom stereocenters. The van der Waals surface area contributed by atoms with Gasteiger partial charge in [-0.2, -0.15) is 79.4 Å². The Morgan fingerprint density at radius 2 is 1.07 bits per heavy atom. The Bertz CT molecular complexity index is 1050. The molecule has 40 heavy (non-hydrogen) atoms. The van der Waals surface area contributed by atoms with E-state index < -0.39 is 81.2 Å². The third-order valence-corrected chi connectivity index (χ3v) is 6.24. The van der Waals surface area contributed by atoms with Gasteiger partial charge < -0.3 is 4.74 Å². The molecule has 0 rings (SSSR count). The van der Waals surface area contributed by atoms with E-state index in [2.05, 4.69) is 11.3 Å². The number of carbonyl (C=O) groups is 1. The van der Waals surface area contributed by atoms with E-state index in [0.717, 1.165) is 6.92 Å². The van der Waals surface area contributed by atoms with Gasteiger partial charge in [0.2, 0.25) is 0 Å². The highest BCUT2D eigenvalue weighted by atomic mass is 32.2. The average molecular weight is 653 g/mol. The van der Waals surface area contributed by atoms with Gasteiger partial charge in [-0.15, -0.1) is 0 Å². The monoisotopic (exact) mass is 653 g/mol. The Hall–Kier alpha value is -2.07. The molecule has 0 aromatic heterocycles. The maximum absolute atomic E-state index is 14.2. The molecular weight excluding hydrogens is 637 g/mol. The van der Waals surface area contributed by atoms with Crippen molar-refractivity contribution in [3.8, 4) is 0 Å². The van der Waals surface area contributed by atoms with Crippen molar-refractivity contribution in [2.75, 3.05) is 0 Å². The van der Waals surface area contributed by atoms with Crippen LogP contribution in [0.25, 0.3) is 0 Å². The van der Waals surface area contributed by atoms with Gasteiger partial charge in [-0.1, -0.05) is 19.9 Å². The summed E-state index contributed by atoms with van der Waals surface area (Å²) in [5.41, 5.74) is -0.609. The normalized spacial score (nSPS) is 16.1. The smallest absolute Gasteiger partial charge is 0.442 e. The highest BCUT2D eigenvalue weighted by molar-refractivity contribution is 7.90. The molecule has 0 radical (unpaired) electrons. The van der Waals surface area contributed by atoms with Crippen molar-refractivity contribution in [1.82, 2.24) is 4.72 Å². The second kappa shape index (κ2) is 11.0. The van der Waals surface area contributed by atoms with E-state index in [9.17, 15) is 87.8 Å². The highest BCUT2D eigenvalue weighted by Gasteiger charge is 2.96. The fraction of sp³-hybridized carbons (Fsp3) is 0.824. The quantitative estimate of drug-likeness (QED) is 0.101. The molecule has 0 aliphatic carbocycles. The maximum atomic E-state index is 14.2. The summed E-state index contributed by atoms with van der Waals surface area (Å²) in [6, 6.07) is 0. The first kappa shape index (κ1) is 37.9. The van der Waals surface area contributed by atoms with Gasteiger partial charge in [-0.25, -0.2) is 13.2 Å². The van der Waals surface area contributed by atoms with Crippen molar-refractivity contribution in [2.24, 2.45) is 0 Å². The van der Waals surface area contributed by atoms with Gasteiger partial charge in [0.05, 0.1) is 0 Å². The van der Waals surface area contributed by atoms with Crippen LogP contribution in [0.1, 0.15) is 33.1 Å². The molecule has 0 saturated carbocycles. The van der Waals surface area contributed by atoms with E-state index in [-0.39, 0.29) is 12.8 Å². The number of esters is 1. The van der Waals surface area contributed by atoms with Crippen LogP contribution in [-0.4, -0.2) is 67.6 Å². The van der Waals surface area contributed by atoms with Crippen LogP contribution in [0.4, 0.5) is 74.6 Å². The number of hydrogen-bond acceptors (Lipinski definition) is 4. The third-order valence-electron chi connectivity index (χ3n) is 4.73. The number of rotatable bonds is 14. The van der Waals surface area contributed by atoms with E-state index in [1.165, 1.54) is 6.92 Å². The van der Waals surface area contributed by atoms with Gasteiger partial charge >= 0.3 is 52.9 Å². The van der Waals surface area contributed by atoms with Crippen molar-refractivity contribution in [3.05, 3.63) is 12.2 Å². The number of hydrogen-bond donors (Lipinski definition) is 1. The Labute approximate surface area is 212 Å². The number of ether oxygens (including phenoxy) is 1. The topological polar surface area (TPSA) is 72.5 Å². The molecule has 0 fully saturated rings. The van der Waals surface area contributed by atoms with Crippen LogP contribution in [-0.2, 0) is 19.6 Å². The number of carbonyl (C=O) groups excluding carboxylic acids is 1. The zero-order valence-electron chi connectivity index (χ0n) is 19.4. The Kier molecular flexibility index (Phi) is 10.4. The molecule has 5 nitrogen and oxygen atoms in total. The molecule has 0 aromatic carbocycles. The largest absolute Gasteiger partial charge is 0.460 e. The fourth-order valence-corrected chi connectivity index (χ4v) is 3.45. The summed E-state index contributed by atoms with van der Waals surface area (Å²) in [5, 5.41) is -7.76. The molecule has 0 aromatic rings. The maximum Gasteiger partial charge on any atom is 0.460 e. The van der Waals surface area contributed by atoms with Crippen molar-refractivity contribution in [2.45, 2.75) is 86.3 Å². The summed E-state index contributed by atoms with van der Waals surface area (Å²) in [6.07, 6.45) is -11.8. The molecule has 0 aliphatic rings. The minimum absolute atomic E-state index is 0.00551. The zero-order chi connectivity index (χ0) is 32.8. The molecule has 0 heterocycles. The second-order valence-corrected chi connectivity index (χ2v) is 9.65. The number of sulfonamides is 1. The SMILES string of the molecule is C=C(C)C(=O)OC(CCCC)NS(=O)(=O)C(F)(F)C(F)(F)C(F)(F)C(F)(F)C(F)(F)C(F)(F)C(F)(F)C(F)(F)F. The summed E-state index contributed by atoms with van der Waals surface area (Å²) in [4.78, 5) is 11.5. The summed E-state index contributed by atoms with van der Waals surface area (Å²) < 4.78 is 255. The first-order valence-corrected chi connectivity index (χ1v) is 11.3. The molecule has 0 bridgehead atoms. The Balaban J connectivity index is 6.87. The lowest BCUT2D eigenvalue weighted by Gasteiger charge is -2.42. The van der Waals surface area contributed by atoms with E-state index >= 15 is 0 Å². The van der Waals surface area contributed by atoms with E-state index in [0.29, 0.717) is 4.72 Å². The third kappa shape index (κ3) is 5.80. The lowest BCUT2D eigenvalue weighted by molar-refractivity contribution is -0.458. The van der Waals surface area contributed by atoms with Crippen LogP contribution < -0.4 is 4.72 Å². The average Bonchev–Trinajstić information content (AvgIpc) is 2.75. The first-order valence-electron chi connectivity index (χ1n) is 9.86. The van der Waals surface area contributed by atoms with Gasteiger partial charge in [-0.3, -0.25) is 0 Å². The lowest BCUT2D eigenvalue weighted by atomic mass is 9.91. The molecule has 1 N–H and O–H groups in total. The molecule has 1 unspecified atom stereocenters. The molecule has 0 saturated heterocycles. The standard InChI is InChI=1S/C17H16F17NO4S/c1-4-5-6-8(39-9(36)7(2)3)35-40(37,38)17(33,34)15(28,29)13(24,25)11(20,21)10(18,19)12(22,23)14(26,27)16(30,31)32/h8,35H,2,4-6H2,1,3H3. The van der Waals surface area contributed by atoms with Crippen LogP contribution in [0.5, 0.6) is 0 Å². The molecule has 0 amide bonds. The predicted molar refractivity (Wildman–Crippen MR) is 97.0 cm³/mol. The van der Waals surface area contributed by atoms with Crippen molar-refractivity contribution in [3.63, 3.8) is 0 Å². The second-order valence-electron chi connectivity index (χ2n) is 7.90. The van der Waals surface area contributed by atoms with Crippen LogP contribution in [0.15, 0.2) is 12.2 Å². The fourth-order valence-electron chi connectivity index (χ4n) is 2.33. The van der Waals surface area contributed by atoms with Crippen molar-refractivity contribution in [1.29, 1.82) is 0 Å². The molecule has 23 heteroatoms. The van der Waals surface area contributed by atoms with Gasteiger partial charge in [0.15, 0.2) is 6.23 Å². The molecule has 0 spiro atoms. The van der Waals surface area contributed by atoms with Crippen molar-refractivity contribution >= 4 is 16.0 Å². The predicted octanol–water partition coefficient (Wildman–Crippen LogP) is 6.51. The van der Waals surface area contributed by atoms with E-state index in [4.69, 9.17) is 0 Å². The van der Waals surface area contributed by atoms with Gasteiger partial charge in [0.25, 0.3) is 10.0 Å². The summed E-state index contributed by atoms with van der Waals surface area (Å²) in [6.45, 7) is 5.12. The highest BCUT2D eigenvalue weighted by Crippen LogP contribution is 2.64. The Morgan fingerprint density at radius 3 is 1.40 bits per heavy atom. The van der Waals surface area contributed by atoms with Crippen molar-refractivity contribution < 1.29 is 92.6 Å². The number of alkyl halides is 17. The molecule has 0 aliphatic heterocycles. The number of halogens is 17. The number of unbranched alkanes of at least 4 members (excludes halogenated alkanes) is 1.